The topological polar surface area (TPSA) is 51.2 Å². The van der Waals surface area contributed by atoms with E-state index < -0.39 is 0 Å². The predicted molar refractivity (Wildman–Crippen MR) is 95.3 cm³/mol. The van der Waals surface area contributed by atoms with Gasteiger partial charge in [-0.25, -0.2) is 4.98 Å². The van der Waals surface area contributed by atoms with Crippen LogP contribution in [0, 0.1) is 6.92 Å². The average molecular weight is 367 g/mol. The lowest BCUT2D eigenvalue weighted by Gasteiger charge is -2.04. The van der Waals surface area contributed by atoms with E-state index >= 15 is 0 Å². The highest BCUT2D eigenvalue weighted by atomic mass is 35.5. The second kappa shape index (κ2) is 6.35. The third-order valence-electron chi connectivity index (χ3n) is 3.25. The van der Waals surface area contributed by atoms with Crippen LogP contribution in [0.25, 0.3) is 10.2 Å². The fraction of sp³-hybridized carbons (Fsp3) is 0.125. The molecule has 0 aliphatic carbocycles. The van der Waals surface area contributed by atoms with E-state index in [1.54, 1.807) is 31.4 Å². The number of rotatable bonds is 3. The number of fused-ring (bicyclic) bond motifs is 1. The molecule has 0 saturated carbocycles. The number of nitrogens with zero attached hydrogens (tertiary/aromatic N) is 1. The molecule has 1 heterocycles. The Morgan fingerprint density at radius 2 is 2.00 bits per heavy atom. The van der Waals surface area contributed by atoms with Crippen molar-refractivity contribution in [2.24, 2.45) is 0 Å². The molecule has 0 atom stereocenters. The summed E-state index contributed by atoms with van der Waals surface area (Å²) in [4.78, 5) is 16.7. The summed E-state index contributed by atoms with van der Waals surface area (Å²) in [7, 11) is 1.55. The molecular formula is C16H12Cl2N2O2S. The molecule has 23 heavy (non-hydrogen) atoms. The molecule has 0 radical (unpaired) electrons. The number of carbonyl (C=O) groups excluding carboxylic acids is 1. The highest BCUT2D eigenvalue weighted by Crippen LogP contribution is 2.34. The van der Waals surface area contributed by atoms with Crippen molar-refractivity contribution in [1.82, 2.24) is 4.98 Å². The molecule has 4 nitrogen and oxygen atoms in total. The number of thiazole rings is 1. The minimum Gasteiger partial charge on any atom is -0.495 e. The molecule has 7 heteroatoms. The molecule has 0 spiro atoms. The highest BCUT2D eigenvalue weighted by Gasteiger charge is 2.14. The highest BCUT2D eigenvalue weighted by molar-refractivity contribution is 7.22. The van der Waals surface area contributed by atoms with Gasteiger partial charge < -0.3 is 4.74 Å². The summed E-state index contributed by atoms with van der Waals surface area (Å²) >= 11 is 13.5. The van der Waals surface area contributed by atoms with Gasteiger partial charge in [0.15, 0.2) is 5.13 Å². The second-order valence-electron chi connectivity index (χ2n) is 4.91. The van der Waals surface area contributed by atoms with Gasteiger partial charge in [-0.3, -0.25) is 10.1 Å². The average Bonchev–Trinajstić information content (AvgIpc) is 2.86. The number of hydrogen-bond acceptors (Lipinski definition) is 4. The third kappa shape index (κ3) is 3.27. The maximum Gasteiger partial charge on any atom is 0.258 e. The Kier molecular flexibility index (Phi) is 4.43. The summed E-state index contributed by atoms with van der Waals surface area (Å²) in [6.07, 6.45) is 0. The molecule has 3 aromatic rings. The molecule has 118 valence electrons. The first-order valence-electron chi connectivity index (χ1n) is 6.69. The van der Waals surface area contributed by atoms with Crippen molar-refractivity contribution in [3.63, 3.8) is 0 Å². The molecule has 0 bridgehead atoms. The molecule has 1 amide bonds. The number of nitrogens with one attached hydrogen (secondary N) is 1. The molecule has 1 aromatic heterocycles. The van der Waals surface area contributed by atoms with Crippen molar-refractivity contribution in [3.8, 4) is 5.75 Å². The van der Waals surface area contributed by atoms with Gasteiger partial charge in [0.25, 0.3) is 5.91 Å². The van der Waals surface area contributed by atoms with Crippen LogP contribution in [0.3, 0.4) is 0 Å². The Morgan fingerprint density at radius 1 is 1.22 bits per heavy atom. The van der Waals surface area contributed by atoms with E-state index in [0.29, 0.717) is 32.0 Å². The number of aryl methyl sites for hydroxylation is 1. The quantitative estimate of drug-likeness (QED) is 0.695. The number of anilines is 1. The summed E-state index contributed by atoms with van der Waals surface area (Å²) in [6.45, 7) is 1.91. The van der Waals surface area contributed by atoms with Crippen LogP contribution in [0.4, 0.5) is 5.13 Å². The van der Waals surface area contributed by atoms with Crippen LogP contribution >= 0.6 is 34.5 Å². The fourth-order valence-electron chi connectivity index (χ4n) is 2.11. The number of ether oxygens (including phenoxy) is 1. The molecule has 0 aliphatic heterocycles. The van der Waals surface area contributed by atoms with Crippen molar-refractivity contribution in [2.75, 3.05) is 12.4 Å². The zero-order valence-corrected chi connectivity index (χ0v) is 14.6. The largest absolute Gasteiger partial charge is 0.495 e. The van der Waals surface area contributed by atoms with Crippen LogP contribution < -0.4 is 10.1 Å². The van der Waals surface area contributed by atoms with E-state index in [9.17, 15) is 4.79 Å². The fourth-order valence-corrected chi connectivity index (χ4v) is 3.54. The zero-order valence-electron chi connectivity index (χ0n) is 12.3. The van der Waals surface area contributed by atoms with E-state index in [4.69, 9.17) is 27.9 Å². The van der Waals surface area contributed by atoms with E-state index in [1.165, 1.54) is 11.3 Å². The van der Waals surface area contributed by atoms with Crippen molar-refractivity contribution >= 4 is 55.8 Å². The van der Waals surface area contributed by atoms with Crippen LogP contribution in [0.15, 0.2) is 30.3 Å². The predicted octanol–water partition coefficient (Wildman–Crippen LogP) is 5.17. The van der Waals surface area contributed by atoms with Gasteiger partial charge in [0.1, 0.15) is 5.75 Å². The summed E-state index contributed by atoms with van der Waals surface area (Å²) in [5.74, 6) is 0.273. The molecule has 0 unspecified atom stereocenters. The molecule has 0 saturated heterocycles. The number of hydrogen-bond donors (Lipinski definition) is 1. The summed E-state index contributed by atoms with van der Waals surface area (Å²) in [5, 5.41) is 4.13. The normalized spacial score (nSPS) is 10.8. The lowest BCUT2D eigenvalue weighted by atomic mass is 10.1. The van der Waals surface area contributed by atoms with Crippen molar-refractivity contribution < 1.29 is 9.53 Å². The van der Waals surface area contributed by atoms with E-state index in [1.807, 2.05) is 13.0 Å². The zero-order chi connectivity index (χ0) is 16.6. The molecular weight excluding hydrogens is 355 g/mol. The maximum atomic E-state index is 12.3. The number of benzene rings is 2. The summed E-state index contributed by atoms with van der Waals surface area (Å²) < 4.78 is 6.05. The summed E-state index contributed by atoms with van der Waals surface area (Å²) in [5.41, 5.74) is 2.10. The second-order valence-corrected chi connectivity index (χ2v) is 6.76. The van der Waals surface area contributed by atoms with Crippen molar-refractivity contribution in [3.05, 3.63) is 51.5 Å². The number of methoxy groups -OCH3 is 1. The molecule has 2 aromatic carbocycles. The maximum absolute atomic E-state index is 12.3. The minimum absolute atomic E-state index is 0.299. The Bertz CT molecular complexity index is 908. The van der Waals surface area contributed by atoms with Gasteiger partial charge in [-0.2, -0.15) is 0 Å². The first-order chi connectivity index (χ1) is 11.0. The van der Waals surface area contributed by atoms with Crippen LogP contribution in [-0.4, -0.2) is 18.0 Å². The third-order valence-corrected chi connectivity index (χ3v) is 4.79. The van der Waals surface area contributed by atoms with Crippen molar-refractivity contribution in [1.29, 1.82) is 0 Å². The van der Waals surface area contributed by atoms with Crippen LogP contribution in [0.2, 0.25) is 10.0 Å². The molecule has 3 rings (SSSR count). The van der Waals surface area contributed by atoms with Gasteiger partial charge in [0, 0.05) is 6.07 Å². The standard InChI is InChI=1S/C16H12Cl2N2O2S/c1-8-3-4-9(10(17)5-8)15(21)20-16-19-12-6-11(18)13(22-2)7-14(12)23-16/h3-7H,1-2H3,(H,19,20,21). The SMILES string of the molecule is COc1cc2sc(NC(=O)c3ccc(C)cc3Cl)nc2cc1Cl. The molecule has 0 aliphatic rings. The Balaban J connectivity index is 1.90. The van der Waals surface area contributed by atoms with Crippen LogP contribution in [-0.2, 0) is 0 Å². The number of halogens is 2. The first kappa shape index (κ1) is 16.1. The lowest BCUT2D eigenvalue weighted by molar-refractivity contribution is 0.102. The minimum atomic E-state index is -0.299. The Labute approximate surface area is 147 Å². The molecule has 0 fully saturated rings. The van der Waals surface area contributed by atoms with E-state index in [0.717, 1.165) is 10.3 Å². The van der Waals surface area contributed by atoms with Gasteiger partial charge in [-0.15, -0.1) is 0 Å². The van der Waals surface area contributed by atoms with E-state index in [2.05, 4.69) is 10.3 Å². The Morgan fingerprint density at radius 3 is 2.70 bits per heavy atom. The Hall–Kier alpha value is -1.82. The number of amides is 1. The monoisotopic (exact) mass is 366 g/mol. The first-order valence-corrected chi connectivity index (χ1v) is 8.27. The summed E-state index contributed by atoms with van der Waals surface area (Å²) in [6, 6.07) is 8.79. The van der Waals surface area contributed by atoms with Crippen LogP contribution in [0.1, 0.15) is 15.9 Å². The lowest BCUT2D eigenvalue weighted by Crippen LogP contribution is -2.12. The van der Waals surface area contributed by atoms with Crippen molar-refractivity contribution in [2.45, 2.75) is 6.92 Å². The molecule has 1 N–H and O–H groups in total. The number of carbonyl (C=O) groups is 1. The van der Waals surface area contributed by atoms with Gasteiger partial charge in [-0.05, 0) is 30.7 Å². The smallest absolute Gasteiger partial charge is 0.258 e. The van der Waals surface area contributed by atoms with E-state index in [-0.39, 0.29) is 5.91 Å². The van der Waals surface area contributed by atoms with Gasteiger partial charge in [0.05, 0.1) is 32.9 Å². The van der Waals surface area contributed by atoms with Gasteiger partial charge >= 0.3 is 0 Å². The van der Waals surface area contributed by atoms with Gasteiger partial charge in [-0.1, -0.05) is 40.6 Å². The van der Waals surface area contributed by atoms with Gasteiger partial charge in [0.2, 0.25) is 0 Å². The number of aromatic nitrogens is 1. The van der Waals surface area contributed by atoms with Crippen LogP contribution in [0.5, 0.6) is 5.75 Å².